The second kappa shape index (κ2) is 6.05. The summed E-state index contributed by atoms with van der Waals surface area (Å²) in [7, 11) is 0. The molecule has 0 unspecified atom stereocenters. The zero-order valence-electron chi connectivity index (χ0n) is 10.3. The van der Waals surface area contributed by atoms with Crippen molar-refractivity contribution in [3.8, 4) is 0 Å². The minimum Gasteiger partial charge on any atom is -0.296 e. The predicted molar refractivity (Wildman–Crippen MR) is 65.6 cm³/mol. The number of rotatable bonds is 3. The summed E-state index contributed by atoms with van der Waals surface area (Å²) in [6, 6.07) is 3.01. The van der Waals surface area contributed by atoms with Crippen LogP contribution < -0.4 is 0 Å². The number of carbonyl (C=O) groups is 1. The van der Waals surface area contributed by atoms with Crippen LogP contribution in [-0.2, 0) is 0 Å². The number of benzene rings is 1. The molecule has 1 aliphatic rings. The van der Waals surface area contributed by atoms with Crippen LogP contribution in [-0.4, -0.2) is 30.3 Å². The van der Waals surface area contributed by atoms with Crippen molar-refractivity contribution in [3.05, 3.63) is 35.4 Å². The summed E-state index contributed by atoms with van der Waals surface area (Å²) in [5, 5.41) is 0. The van der Waals surface area contributed by atoms with Crippen LogP contribution in [0.15, 0.2) is 18.2 Å². The third-order valence-corrected chi connectivity index (χ3v) is 3.29. The first kappa shape index (κ1) is 13.1. The maximum Gasteiger partial charge on any atom is 0.179 e. The molecule has 0 atom stereocenters. The summed E-state index contributed by atoms with van der Waals surface area (Å²) in [5.41, 5.74) is -0.140. The van der Waals surface area contributed by atoms with Gasteiger partial charge in [-0.2, -0.15) is 0 Å². The van der Waals surface area contributed by atoms with Gasteiger partial charge in [0.15, 0.2) is 5.78 Å². The highest BCUT2D eigenvalue weighted by Crippen LogP contribution is 2.13. The molecule has 2 nitrogen and oxygen atoms in total. The van der Waals surface area contributed by atoms with Crippen molar-refractivity contribution < 1.29 is 13.6 Å². The van der Waals surface area contributed by atoms with Crippen LogP contribution in [0.3, 0.4) is 0 Å². The minimum absolute atomic E-state index is 0.140. The lowest BCUT2D eigenvalue weighted by atomic mass is 10.1. The average molecular weight is 253 g/mol. The molecule has 1 aromatic rings. The first-order valence-electron chi connectivity index (χ1n) is 6.37. The molecule has 0 bridgehead atoms. The second-order valence-corrected chi connectivity index (χ2v) is 4.74. The number of halogens is 2. The van der Waals surface area contributed by atoms with Gasteiger partial charge in [0.25, 0.3) is 0 Å². The highest BCUT2D eigenvalue weighted by atomic mass is 19.1. The molecular formula is C14H17F2NO. The van der Waals surface area contributed by atoms with E-state index in [1.54, 1.807) is 0 Å². The first-order chi connectivity index (χ1) is 8.66. The van der Waals surface area contributed by atoms with Gasteiger partial charge in [-0.15, -0.1) is 0 Å². The van der Waals surface area contributed by atoms with E-state index in [4.69, 9.17) is 0 Å². The van der Waals surface area contributed by atoms with E-state index in [1.165, 1.54) is 12.8 Å². The number of nitrogens with zero attached hydrogens (tertiary/aromatic N) is 1. The van der Waals surface area contributed by atoms with Crippen LogP contribution in [0.5, 0.6) is 0 Å². The fourth-order valence-corrected chi connectivity index (χ4v) is 2.29. The molecule has 1 aromatic carbocycles. The van der Waals surface area contributed by atoms with Crippen molar-refractivity contribution in [1.29, 1.82) is 0 Å². The molecule has 2 rings (SSSR count). The monoisotopic (exact) mass is 253 g/mol. The van der Waals surface area contributed by atoms with Gasteiger partial charge in [-0.1, -0.05) is 12.8 Å². The van der Waals surface area contributed by atoms with Gasteiger partial charge in [0.05, 0.1) is 12.1 Å². The Morgan fingerprint density at radius 3 is 2.44 bits per heavy atom. The fraction of sp³-hybridized carbons (Fsp3) is 0.500. The van der Waals surface area contributed by atoms with Gasteiger partial charge < -0.3 is 0 Å². The van der Waals surface area contributed by atoms with Gasteiger partial charge in [-0.25, -0.2) is 8.78 Å². The smallest absolute Gasteiger partial charge is 0.179 e. The van der Waals surface area contributed by atoms with Crippen LogP contribution in [0, 0.1) is 11.6 Å². The average Bonchev–Trinajstić information content (AvgIpc) is 2.61. The number of hydrogen-bond acceptors (Lipinski definition) is 2. The summed E-state index contributed by atoms with van der Waals surface area (Å²) >= 11 is 0. The summed E-state index contributed by atoms with van der Waals surface area (Å²) in [6.45, 7) is 1.91. The summed E-state index contributed by atoms with van der Waals surface area (Å²) in [4.78, 5) is 14.0. The quantitative estimate of drug-likeness (QED) is 0.772. The number of likely N-dealkylation sites (tertiary alicyclic amines) is 1. The second-order valence-electron chi connectivity index (χ2n) is 4.74. The molecule has 0 aliphatic carbocycles. The molecule has 1 aliphatic heterocycles. The van der Waals surface area contributed by atoms with E-state index in [0.717, 1.165) is 44.1 Å². The van der Waals surface area contributed by atoms with Crippen LogP contribution in [0.2, 0.25) is 0 Å². The zero-order valence-corrected chi connectivity index (χ0v) is 10.3. The molecule has 1 heterocycles. The lowest BCUT2D eigenvalue weighted by Crippen LogP contribution is -2.31. The van der Waals surface area contributed by atoms with Gasteiger partial charge in [0.2, 0.25) is 0 Å². The topological polar surface area (TPSA) is 20.3 Å². The van der Waals surface area contributed by atoms with E-state index in [-0.39, 0.29) is 17.9 Å². The van der Waals surface area contributed by atoms with Gasteiger partial charge in [-0.05, 0) is 44.1 Å². The van der Waals surface area contributed by atoms with Crippen molar-refractivity contribution in [2.75, 3.05) is 19.6 Å². The summed E-state index contributed by atoms with van der Waals surface area (Å²) < 4.78 is 26.5. The third kappa shape index (κ3) is 3.35. The van der Waals surface area contributed by atoms with Gasteiger partial charge in [-0.3, -0.25) is 9.69 Å². The molecule has 0 aromatic heterocycles. The number of carbonyl (C=O) groups excluding carboxylic acids is 1. The molecule has 0 spiro atoms. The van der Waals surface area contributed by atoms with Crippen molar-refractivity contribution in [2.45, 2.75) is 25.7 Å². The van der Waals surface area contributed by atoms with Crippen LogP contribution in [0.1, 0.15) is 36.0 Å². The Hall–Kier alpha value is -1.29. The lowest BCUT2D eigenvalue weighted by molar-refractivity contribution is 0.0928. The predicted octanol–water partition coefficient (Wildman–Crippen LogP) is 3.02. The van der Waals surface area contributed by atoms with Crippen LogP contribution >= 0.6 is 0 Å². The van der Waals surface area contributed by atoms with E-state index in [9.17, 15) is 13.6 Å². The van der Waals surface area contributed by atoms with Crippen molar-refractivity contribution in [3.63, 3.8) is 0 Å². The molecule has 0 radical (unpaired) electrons. The number of Topliss-reactive ketones (excluding diaryl/α,β-unsaturated/α-hetero) is 1. The molecule has 0 N–H and O–H groups in total. The summed E-state index contributed by atoms with van der Waals surface area (Å²) in [5.74, 6) is -1.55. The van der Waals surface area contributed by atoms with Crippen molar-refractivity contribution in [1.82, 2.24) is 4.90 Å². The third-order valence-electron chi connectivity index (χ3n) is 3.29. The Morgan fingerprint density at radius 1 is 1.11 bits per heavy atom. The van der Waals surface area contributed by atoms with E-state index >= 15 is 0 Å². The first-order valence-corrected chi connectivity index (χ1v) is 6.37. The largest absolute Gasteiger partial charge is 0.296 e. The Balaban J connectivity index is 2.04. The van der Waals surface area contributed by atoms with E-state index in [0.29, 0.717) is 0 Å². The molecule has 1 fully saturated rings. The van der Waals surface area contributed by atoms with Gasteiger partial charge in [0.1, 0.15) is 11.6 Å². The number of ketones is 1. The molecular weight excluding hydrogens is 236 g/mol. The highest BCUT2D eigenvalue weighted by Gasteiger charge is 2.17. The molecule has 4 heteroatoms. The minimum atomic E-state index is -0.642. The van der Waals surface area contributed by atoms with Crippen molar-refractivity contribution >= 4 is 5.78 Å². The molecule has 1 saturated heterocycles. The van der Waals surface area contributed by atoms with Crippen LogP contribution in [0.4, 0.5) is 8.78 Å². The molecule has 0 amide bonds. The molecule has 0 saturated carbocycles. The molecule has 18 heavy (non-hydrogen) atoms. The van der Waals surface area contributed by atoms with Crippen molar-refractivity contribution in [2.24, 2.45) is 0 Å². The van der Waals surface area contributed by atoms with E-state index in [2.05, 4.69) is 0 Å². The maximum absolute atomic E-state index is 13.4. The highest BCUT2D eigenvalue weighted by molar-refractivity contribution is 5.97. The normalized spacial score (nSPS) is 17.4. The van der Waals surface area contributed by atoms with Gasteiger partial charge in [0, 0.05) is 0 Å². The molecule has 98 valence electrons. The van der Waals surface area contributed by atoms with E-state index in [1.807, 2.05) is 4.90 Å². The fourth-order valence-electron chi connectivity index (χ4n) is 2.29. The van der Waals surface area contributed by atoms with Crippen LogP contribution in [0.25, 0.3) is 0 Å². The number of hydrogen-bond donors (Lipinski definition) is 0. The lowest BCUT2D eigenvalue weighted by Gasteiger charge is -2.18. The Morgan fingerprint density at radius 2 is 1.78 bits per heavy atom. The summed E-state index contributed by atoms with van der Waals surface area (Å²) in [6.07, 6.45) is 4.50. The Kier molecular flexibility index (Phi) is 4.42. The maximum atomic E-state index is 13.4. The zero-order chi connectivity index (χ0) is 13.0. The Labute approximate surface area is 106 Å². The SMILES string of the molecule is O=C(CN1CCCCCC1)c1cc(F)ccc1F. The Bertz CT molecular complexity index is 426. The van der Waals surface area contributed by atoms with E-state index < -0.39 is 11.6 Å². The van der Waals surface area contributed by atoms with Gasteiger partial charge >= 0.3 is 0 Å². The standard InChI is InChI=1S/C14H17F2NO/c15-11-5-6-13(16)12(9-11)14(18)10-17-7-3-1-2-4-8-17/h5-6,9H,1-4,7-8,10H2.